The van der Waals surface area contributed by atoms with E-state index < -0.39 is 17.4 Å². The second kappa shape index (κ2) is 10.8. The van der Waals surface area contributed by atoms with Crippen LogP contribution in [0.15, 0.2) is 48.5 Å². The summed E-state index contributed by atoms with van der Waals surface area (Å²) in [6, 6.07) is 12.9. The molecule has 1 fully saturated rings. The number of carbonyl (C=O) groups excluding carboxylic acids is 1. The van der Waals surface area contributed by atoms with Gasteiger partial charge in [0.25, 0.3) is 0 Å². The van der Waals surface area contributed by atoms with Gasteiger partial charge in [-0.05, 0) is 43.2 Å². The maximum atomic E-state index is 14.1. The summed E-state index contributed by atoms with van der Waals surface area (Å²) < 4.78 is 30.6. The fourth-order valence-electron chi connectivity index (χ4n) is 3.08. The summed E-state index contributed by atoms with van der Waals surface area (Å²) in [7, 11) is 1.58. The van der Waals surface area contributed by atoms with Gasteiger partial charge in [-0.3, -0.25) is 0 Å². The van der Waals surface area contributed by atoms with Crippen molar-refractivity contribution >= 4 is 17.6 Å². The van der Waals surface area contributed by atoms with Crippen molar-refractivity contribution in [2.24, 2.45) is 0 Å². The van der Waals surface area contributed by atoms with Crippen LogP contribution in [0.25, 0.3) is 22.6 Å². The van der Waals surface area contributed by atoms with Gasteiger partial charge in [-0.2, -0.15) is 4.98 Å². The Hall–Kier alpha value is -2.23. The normalized spacial score (nSPS) is 13.7. The molecule has 1 aromatic heterocycles. The zero-order valence-electron chi connectivity index (χ0n) is 18.1. The Morgan fingerprint density at radius 1 is 1.15 bits per heavy atom. The first kappa shape index (κ1) is 25.4. The molecule has 1 aliphatic carbocycles. The number of carbonyl (C=O) groups is 1. The monoisotopic (exact) mass is 480 g/mol. The third-order valence-electron chi connectivity index (χ3n) is 4.96. The van der Waals surface area contributed by atoms with Crippen molar-refractivity contribution in [1.82, 2.24) is 9.97 Å². The fraction of sp³-hybridized carbons (Fsp3) is 0.261. The zero-order chi connectivity index (χ0) is 22.7. The van der Waals surface area contributed by atoms with E-state index in [-0.39, 0.29) is 46.3 Å². The molecule has 10 heteroatoms. The summed E-state index contributed by atoms with van der Waals surface area (Å²) in [5.74, 6) is -1.21. The number of benzene rings is 2. The van der Waals surface area contributed by atoms with E-state index in [1.165, 1.54) is 18.2 Å². The van der Waals surface area contributed by atoms with Gasteiger partial charge in [0.2, 0.25) is 5.88 Å². The number of ether oxygens (including phenoxy) is 3. The topological polar surface area (TPSA) is 93.6 Å². The van der Waals surface area contributed by atoms with E-state index in [0.717, 1.165) is 0 Å². The first-order chi connectivity index (χ1) is 15.4. The molecule has 0 atom stereocenters. The van der Waals surface area contributed by atoms with Crippen molar-refractivity contribution in [1.29, 1.82) is 0 Å². The summed E-state index contributed by atoms with van der Waals surface area (Å²) in [5.41, 5.74) is -0.00940. The Kier molecular flexibility index (Phi) is 8.31. The predicted octanol–water partition coefficient (Wildman–Crippen LogP) is 0.294. The third kappa shape index (κ3) is 5.83. The molecule has 0 unspecified atom stereocenters. The number of carboxylic acids is 1. The van der Waals surface area contributed by atoms with Gasteiger partial charge in [0.05, 0.1) is 23.3 Å². The number of aliphatic carboxylic acids is 1. The Bertz CT molecular complexity index is 1160. The van der Waals surface area contributed by atoms with Gasteiger partial charge in [-0.15, -0.1) is 0 Å². The van der Waals surface area contributed by atoms with E-state index in [1.54, 1.807) is 25.3 Å². The number of methoxy groups -OCH3 is 1. The van der Waals surface area contributed by atoms with Gasteiger partial charge in [-0.25, -0.2) is 9.37 Å². The Morgan fingerprint density at radius 2 is 1.91 bits per heavy atom. The number of para-hydroxylation sites is 1. The molecule has 0 spiro atoms. The summed E-state index contributed by atoms with van der Waals surface area (Å²) in [4.78, 5) is 20.4. The largest absolute Gasteiger partial charge is 1.00 e. The molecule has 3 aromatic rings. The summed E-state index contributed by atoms with van der Waals surface area (Å²) in [5, 5.41) is 11.5. The Balaban J connectivity index is 0.00000306. The van der Waals surface area contributed by atoms with Crippen molar-refractivity contribution in [3.8, 4) is 34.3 Å². The second-order valence-corrected chi connectivity index (χ2v) is 7.67. The van der Waals surface area contributed by atoms with Crippen LogP contribution in [0.5, 0.6) is 11.6 Å². The molecule has 4 rings (SSSR count). The maximum Gasteiger partial charge on any atom is 1.00 e. The van der Waals surface area contributed by atoms with E-state index in [4.69, 9.17) is 25.8 Å². The van der Waals surface area contributed by atoms with Crippen molar-refractivity contribution in [3.63, 3.8) is 0 Å². The molecule has 2 aromatic carbocycles. The molecule has 1 heterocycles. The first-order valence-electron chi connectivity index (χ1n) is 9.88. The minimum atomic E-state index is -1.41. The maximum absolute atomic E-state index is 14.1. The van der Waals surface area contributed by atoms with Crippen molar-refractivity contribution in [2.75, 3.05) is 20.3 Å². The number of hydrogen-bond donors (Lipinski definition) is 0. The molecule has 0 aliphatic heterocycles. The van der Waals surface area contributed by atoms with Crippen LogP contribution in [-0.4, -0.2) is 41.9 Å². The van der Waals surface area contributed by atoms with Crippen LogP contribution in [0.1, 0.15) is 12.8 Å². The average molecular weight is 481 g/mol. The van der Waals surface area contributed by atoms with Gasteiger partial charge in [-0.1, -0.05) is 23.7 Å². The number of halogens is 2. The van der Waals surface area contributed by atoms with Crippen molar-refractivity contribution in [2.45, 2.75) is 18.4 Å². The molecule has 0 saturated heterocycles. The molecule has 0 radical (unpaired) electrons. The molecule has 0 bridgehead atoms. The van der Waals surface area contributed by atoms with E-state index in [2.05, 4.69) is 9.97 Å². The molecule has 33 heavy (non-hydrogen) atoms. The molecule has 7 nitrogen and oxygen atoms in total. The standard InChI is InChI=1S/C23H20ClFN2O5.Na/c1-30-10-11-31-19-5-3-2-4-15(19)18-13-20(32-23(8-9-23)22(28)29)27-21(26-18)14-6-7-16(24)17(25)12-14;/h2-7,12-13H,8-11H2,1H3,(H,28,29);/q;+1/p-1. The van der Waals surface area contributed by atoms with Crippen LogP contribution < -0.4 is 44.1 Å². The van der Waals surface area contributed by atoms with E-state index in [1.807, 2.05) is 12.1 Å². The SMILES string of the molecule is COCCOc1ccccc1-c1cc(OC2(C(=O)[O-])CC2)nc(-c2ccc(Cl)c(F)c2)n1.[Na+]. The summed E-state index contributed by atoms with van der Waals surface area (Å²) in [6.07, 6.45) is 0.632. The molecule has 1 saturated carbocycles. The number of carboxylic acid groups (broad SMARTS) is 1. The van der Waals surface area contributed by atoms with Crippen LogP contribution in [0.3, 0.4) is 0 Å². The van der Waals surface area contributed by atoms with Gasteiger partial charge in [0, 0.05) is 24.3 Å². The third-order valence-corrected chi connectivity index (χ3v) is 5.27. The Labute approximate surface area is 217 Å². The van der Waals surface area contributed by atoms with E-state index >= 15 is 0 Å². The van der Waals surface area contributed by atoms with Crippen molar-refractivity contribution < 1.29 is 58.1 Å². The summed E-state index contributed by atoms with van der Waals surface area (Å²) in [6.45, 7) is 0.723. The fourth-order valence-corrected chi connectivity index (χ4v) is 3.20. The predicted molar refractivity (Wildman–Crippen MR) is 113 cm³/mol. The van der Waals surface area contributed by atoms with Gasteiger partial charge >= 0.3 is 29.6 Å². The first-order valence-corrected chi connectivity index (χ1v) is 10.3. The van der Waals surface area contributed by atoms with Crippen LogP contribution in [0.2, 0.25) is 5.02 Å². The number of aromatic nitrogens is 2. The molecule has 1 aliphatic rings. The zero-order valence-corrected chi connectivity index (χ0v) is 20.9. The van der Waals surface area contributed by atoms with Gasteiger partial charge < -0.3 is 24.1 Å². The number of hydrogen-bond acceptors (Lipinski definition) is 7. The smallest absolute Gasteiger partial charge is 0.546 e. The average Bonchev–Trinajstić information content (AvgIpc) is 3.57. The molecular weight excluding hydrogens is 462 g/mol. The minimum Gasteiger partial charge on any atom is -0.546 e. The quantitative estimate of drug-likeness (QED) is 0.321. The number of nitrogens with zero attached hydrogens (tertiary/aromatic N) is 2. The van der Waals surface area contributed by atoms with Crippen LogP contribution in [0.4, 0.5) is 4.39 Å². The molecule has 0 N–H and O–H groups in total. The summed E-state index contributed by atoms with van der Waals surface area (Å²) >= 11 is 5.80. The number of rotatable bonds is 9. The molecular formula is C23H19ClFN2NaO5. The van der Waals surface area contributed by atoms with Crippen molar-refractivity contribution in [3.05, 3.63) is 59.4 Å². The van der Waals surface area contributed by atoms with Crippen LogP contribution in [0, 0.1) is 5.82 Å². The van der Waals surface area contributed by atoms with Gasteiger partial charge in [0.1, 0.15) is 18.2 Å². The van der Waals surface area contributed by atoms with Crippen LogP contribution >= 0.6 is 11.6 Å². The minimum absolute atomic E-state index is 0. The molecule has 0 amide bonds. The van der Waals surface area contributed by atoms with E-state index in [9.17, 15) is 14.3 Å². The molecule has 166 valence electrons. The second-order valence-electron chi connectivity index (χ2n) is 7.27. The van der Waals surface area contributed by atoms with E-state index in [0.29, 0.717) is 48.6 Å². The van der Waals surface area contributed by atoms with Gasteiger partial charge in [0.15, 0.2) is 11.4 Å². The van der Waals surface area contributed by atoms with Crippen LogP contribution in [-0.2, 0) is 9.53 Å². The Morgan fingerprint density at radius 3 is 2.58 bits per heavy atom.